The molecule has 6 nitrogen and oxygen atoms in total. The molecule has 0 aliphatic heterocycles. The van der Waals surface area contributed by atoms with E-state index >= 15 is 0 Å². The molecule has 0 saturated carbocycles. The van der Waals surface area contributed by atoms with Crippen LogP contribution < -0.4 is 5.32 Å². The van der Waals surface area contributed by atoms with Crippen molar-refractivity contribution in [3.05, 3.63) is 36.2 Å². The number of hydrogen-bond acceptors (Lipinski definition) is 6. The molecule has 1 heterocycles. The number of nitrogens with zero attached hydrogens (tertiary/aromatic N) is 2. The number of thioether (sulfide) groups is 1. The molecule has 0 bridgehead atoms. The predicted octanol–water partition coefficient (Wildman–Crippen LogP) is 2.03. The van der Waals surface area contributed by atoms with Gasteiger partial charge in [0.05, 0.1) is 12.3 Å². The molecule has 2 aromatic rings. The van der Waals surface area contributed by atoms with E-state index in [4.69, 9.17) is 9.63 Å². The Labute approximate surface area is 126 Å². The van der Waals surface area contributed by atoms with Gasteiger partial charge in [0.2, 0.25) is 11.7 Å². The van der Waals surface area contributed by atoms with Crippen molar-refractivity contribution < 1.29 is 14.4 Å². The lowest BCUT2D eigenvalue weighted by molar-refractivity contribution is -0.135. The molecule has 0 saturated heterocycles. The molecular weight excluding hydrogens is 290 g/mol. The summed E-state index contributed by atoms with van der Waals surface area (Å²) in [5, 5.41) is 15.6. The van der Waals surface area contributed by atoms with E-state index in [0.29, 0.717) is 24.0 Å². The highest BCUT2D eigenvalue weighted by Crippen LogP contribution is 2.19. The summed E-state index contributed by atoms with van der Waals surface area (Å²) < 4.78 is 5.22. The standard InChI is InChI=1S/C14H17N3O3S/c1-10(7-15-8-13(18)19)21-9-12-16-14(17-20-12)11-5-3-2-4-6-11/h2-6,10,15H,7-9H2,1H3,(H,18,19). The Kier molecular flexibility index (Phi) is 5.77. The van der Waals surface area contributed by atoms with Crippen LogP contribution in [0.5, 0.6) is 0 Å². The van der Waals surface area contributed by atoms with Crippen LogP contribution in [0.2, 0.25) is 0 Å². The number of benzene rings is 1. The fourth-order valence-corrected chi connectivity index (χ4v) is 2.45. The zero-order valence-corrected chi connectivity index (χ0v) is 12.5. The Bertz CT molecular complexity index is 574. The van der Waals surface area contributed by atoms with Crippen molar-refractivity contribution in [2.24, 2.45) is 0 Å². The Hall–Kier alpha value is -1.86. The van der Waals surface area contributed by atoms with Crippen LogP contribution >= 0.6 is 11.8 Å². The summed E-state index contributed by atoms with van der Waals surface area (Å²) in [7, 11) is 0. The van der Waals surface area contributed by atoms with E-state index < -0.39 is 5.97 Å². The first-order valence-electron chi connectivity index (χ1n) is 6.57. The van der Waals surface area contributed by atoms with Crippen molar-refractivity contribution in [2.75, 3.05) is 13.1 Å². The van der Waals surface area contributed by atoms with Crippen molar-refractivity contribution in [1.82, 2.24) is 15.5 Å². The summed E-state index contributed by atoms with van der Waals surface area (Å²) in [6.45, 7) is 2.62. The van der Waals surface area contributed by atoms with Crippen LogP contribution in [0.1, 0.15) is 12.8 Å². The maximum atomic E-state index is 10.4. The first-order valence-corrected chi connectivity index (χ1v) is 7.62. The molecule has 7 heteroatoms. The second kappa shape index (κ2) is 7.80. The average Bonchev–Trinajstić information content (AvgIpc) is 2.94. The average molecular weight is 307 g/mol. The third kappa shape index (κ3) is 5.20. The molecule has 0 radical (unpaired) electrons. The van der Waals surface area contributed by atoms with Crippen molar-refractivity contribution in [1.29, 1.82) is 0 Å². The number of aromatic nitrogens is 2. The molecule has 0 aliphatic rings. The molecule has 0 fully saturated rings. The summed E-state index contributed by atoms with van der Waals surface area (Å²) in [6.07, 6.45) is 0. The minimum Gasteiger partial charge on any atom is -0.480 e. The topological polar surface area (TPSA) is 88.2 Å². The van der Waals surface area contributed by atoms with E-state index in [0.717, 1.165) is 5.56 Å². The second-order valence-corrected chi connectivity index (χ2v) is 5.95. The van der Waals surface area contributed by atoms with Crippen LogP contribution in [-0.4, -0.2) is 39.6 Å². The van der Waals surface area contributed by atoms with E-state index in [1.807, 2.05) is 37.3 Å². The molecule has 0 spiro atoms. The van der Waals surface area contributed by atoms with E-state index in [-0.39, 0.29) is 11.8 Å². The molecule has 1 aromatic carbocycles. The number of aliphatic carboxylic acids is 1. The van der Waals surface area contributed by atoms with Crippen LogP contribution in [0, 0.1) is 0 Å². The lowest BCUT2D eigenvalue weighted by atomic mass is 10.2. The largest absolute Gasteiger partial charge is 0.480 e. The number of nitrogens with one attached hydrogen (secondary N) is 1. The highest BCUT2D eigenvalue weighted by atomic mass is 32.2. The highest BCUT2D eigenvalue weighted by molar-refractivity contribution is 7.99. The molecule has 2 rings (SSSR count). The molecule has 0 amide bonds. The second-order valence-electron chi connectivity index (χ2n) is 4.52. The lowest BCUT2D eigenvalue weighted by Gasteiger charge is -2.09. The molecule has 0 aliphatic carbocycles. The normalized spacial score (nSPS) is 12.2. The van der Waals surface area contributed by atoms with Crippen LogP contribution in [0.15, 0.2) is 34.9 Å². The quantitative estimate of drug-likeness (QED) is 0.771. The first kappa shape index (κ1) is 15.5. The Balaban J connectivity index is 1.79. The van der Waals surface area contributed by atoms with Gasteiger partial charge in [0, 0.05) is 17.4 Å². The molecule has 112 valence electrons. The van der Waals surface area contributed by atoms with E-state index in [1.165, 1.54) is 0 Å². The highest BCUT2D eigenvalue weighted by Gasteiger charge is 2.10. The third-order valence-corrected chi connectivity index (χ3v) is 3.85. The molecule has 21 heavy (non-hydrogen) atoms. The van der Waals surface area contributed by atoms with Gasteiger partial charge in [-0.3, -0.25) is 4.79 Å². The monoisotopic (exact) mass is 307 g/mol. The third-order valence-electron chi connectivity index (χ3n) is 2.70. The van der Waals surface area contributed by atoms with Gasteiger partial charge in [-0.25, -0.2) is 0 Å². The van der Waals surface area contributed by atoms with Crippen LogP contribution in [-0.2, 0) is 10.5 Å². The van der Waals surface area contributed by atoms with Crippen LogP contribution in [0.4, 0.5) is 0 Å². The summed E-state index contributed by atoms with van der Waals surface area (Å²) in [5.74, 6) is 0.916. The Morgan fingerprint density at radius 3 is 2.90 bits per heavy atom. The van der Waals surface area contributed by atoms with E-state index in [9.17, 15) is 4.79 Å². The lowest BCUT2D eigenvalue weighted by Crippen LogP contribution is -2.28. The molecule has 1 unspecified atom stereocenters. The summed E-state index contributed by atoms with van der Waals surface area (Å²) in [4.78, 5) is 14.7. The minimum atomic E-state index is -0.850. The zero-order chi connectivity index (χ0) is 15.1. The predicted molar refractivity (Wildman–Crippen MR) is 81.0 cm³/mol. The number of carboxylic acid groups (broad SMARTS) is 1. The summed E-state index contributed by atoms with van der Waals surface area (Å²) >= 11 is 1.64. The maximum absolute atomic E-state index is 10.4. The van der Waals surface area contributed by atoms with Crippen LogP contribution in [0.3, 0.4) is 0 Å². The minimum absolute atomic E-state index is 0.0242. The summed E-state index contributed by atoms with van der Waals surface area (Å²) in [5.41, 5.74) is 0.925. The summed E-state index contributed by atoms with van der Waals surface area (Å²) in [6, 6.07) is 9.65. The van der Waals surface area contributed by atoms with E-state index in [1.54, 1.807) is 11.8 Å². The van der Waals surface area contributed by atoms with Gasteiger partial charge in [-0.1, -0.05) is 42.4 Å². The smallest absolute Gasteiger partial charge is 0.317 e. The SMILES string of the molecule is CC(CNCC(=O)O)SCc1nc(-c2ccccc2)no1. The van der Waals surface area contributed by atoms with Gasteiger partial charge in [0.1, 0.15) is 0 Å². The molecule has 1 atom stereocenters. The van der Waals surface area contributed by atoms with Crippen molar-refractivity contribution in [3.63, 3.8) is 0 Å². The molecule has 1 aromatic heterocycles. The van der Waals surface area contributed by atoms with Gasteiger partial charge >= 0.3 is 5.97 Å². The van der Waals surface area contributed by atoms with Gasteiger partial charge in [-0.15, -0.1) is 11.8 Å². The van der Waals surface area contributed by atoms with Gasteiger partial charge < -0.3 is 14.9 Å². The van der Waals surface area contributed by atoms with Crippen molar-refractivity contribution in [2.45, 2.75) is 17.9 Å². The molecule has 2 N–H and O–H groups in total. The van der Waals surface area contributed by atoms with Gasteiger partial charge in [-0.2, -0.15) is 4.98 Å². The van der Waals surface area contributed by atoms with Crippen molar-refractivity contribution in [3.8, 4) is 11.4 Å². The maximum Gasteiger partial charge on any atom is 0.317 e. The number of carboxylic acids is 1. The van der Waals surface area contributed by atoms with Crippen molar-refractivity contribution >= 4 is 17.7 Å². The fourth-order valence-electron chi connectivity index (χ4n) is 1.67. The number of hydrogen-bond donors (Lipinski definition) is 2. The van der Waals surface area contributed by atoms with Gasteiger partial charge in [0.15, 0.2) is 0 Å². The first-order chi connectivity index (χ1) is 10.1. The number of carbonyl (C=O) groups is 1. The fraction of sp³-hybridized carbons (Fsp3) is 0.357. The number of rotatable bonds is 8. The molecular formula is C14H17N3O3S. The van der Waals surface area contributed by atoms with Gasteiger partial charge in [0.25, 0.3) is 0 Å². The Morgan fingerprint density at radius 2 is 2.19 bits per heavy atom. The van der Waals surface area contributed by atoms with Crippen LogP contribution in [0.25, 0.3) is 11.4 Å². The van der Waals surface area contributed by atoms with E-state index in [2.05, 4.69) is 15.5 Å². The zero-order valence-electron chi connectivity index (χ0n) is 11.7. The van der Waals surface area contributed by atoms with Gasteiger partial charge in [-0.05, 0) is 0 Å². The Morgan fingerprint density at radius 1 is 1.43 bits per heavy atom.